The van der Waals surface area contributed by atoms with Crippen LogP contribution in [0.25, 0.3) is 0 Å². The van der Waals surface area contributed by atoms with E-state index in [1.165, 1.54) is 12.1 Å². The fourth-order valence-corrected chi connectivity index (χ4v) is 2.11. The van der Waals surface area contributed by atoms with Crippen LogP contribution in [0, 0.1) is 23.8 Å². The second-order valence-corrected chi connectivity index (χ2v) is 5.43. The van der Waals surface area contributed by atoms with E-state index >= 15 is 0 Å². The van der Waals surface area contributed by atoms with Gasteiger partial charge in [-0.1, -0.05) is 0 Å². The number of benzene rings is 2. The number of hydrogen-bond donors (Lipinski definition) is 1. The average Bonchev–Trinajstić information content (AvgIpc) is 2.46. The minimum atomic E-state index is -0.649. The molecule has 0 radical (unpaired) electrons. The van der Waals surface area contributed by atoms with Crippen LogP contribution in [-0.2, 0) is 6.54 Å². The van der Waals surface area contributed by atoms with Crippen LogP contribution in [0.2, 0.25) is 0 Å². The summed E-state index contributed by atoms with van der Waals surface area (Å²) in [5.74, 6) is 0. The van der Waals surface area contributed by atoms with Crippen LogP contribution in [0.5, 0.6) is 0 Å². The predicted molar refractivity (Wildman–Crippen MR) is 86.2 cm³/mol. The molecule has 0 aliphatic rings. The predicted octanol–water partition coefficient (Wildman–Crippen LogP) is 3.72. The van der Waals surface area contributed by atoms with Crippen molar-refractivity contribution in [3.05, 3.63) is 71.8 Å². The first kappa shape index (κ1) is 15.2. The number of rotatable bonds is 5. The molecule has 0 aromatic heterocycles. The van der Waals surface area contributed by atoms with E-state index in [4.69, 9.17) is 0 Å². The number of halogens is 1. The van der Waals surface area contributed by atoms with Gasteiger partial charge in [-0.2, -0.15) is 0 Å². The van der Waals surface area contributed by atoms with Gasteiger partial charge in [0, 0.05) is 27.4 Å². The minimum absolute atomic E-state index is 0.217. The van der Waals surface area contributed by atoms with Crippen molar-refractivity contribution < 1.29 is 9.85 Å². The zero-order chi connectivity index (χ0) is 15.4. The van der Waals surface area contributed by atoms with Gasteiger partial charge in [0.2, 0.25) is 0 Å². The molecule has 0 aliphatic heterocycles. The number of nitrogens with one attached hydrogen (secondary N) is 1. The van der Waals surface area contributed by atoms with E-state index in [0.717, 1.165) is 15.3 Å². The smallest absolute Gasteiger partial charge is 0.281 e. The molecule has 0 saturated heterocycles. The SMILES string of the molecule is O=[N+]([O-])c1ccc(CNc2ccc(I)cc2)c([N+](=O)[O-])c1. The molecule has 0 heterocycles. The molecule has 7 nitrogen and oxygen atoms in total. The summed E-state index contributed by atoms with van der Waals surface area (Å²) < 4.78 is 1.08. The van der Waals surface area contributed by atoms with Crippen LogP contribution in [0.4, 0.5) is 17.1 Å². The van der Waals surface area contributed by atoms with Gasteiger partial charge in [0.1, 0.15) is 0 Å². The quantitative estimate of drug-likeness (QED) is 0.470. The van der Waals surface area contributed by atoms with Crippen LogP contribution in [-0.4, -0.2) is 9.85 Å². The van der Waals surface area contributed by atoms with E-state index in [1.807, 2.05) is 24.3 Å². The second-order valence-electron chi connectivity index (χ2n) is 4.19. The van der Waals surface area contributed by atoms with E-state index in [1.54, 1.807) is 0 Å². The molecule has 2 rings (SSSR count). The Hall–Kier alpha value is -2.23. The number of non-ortho nitro benzene ring substituents is 1. The Morgan fingerprint density at radius 2 is 1.67 bits per heavy atom. The third-order valence-corrected chi connectivity index (χ3v) is 3.52. The lowest BCUT2D eigenvalue weighted by atomic mass is 10.1. The van der Waals surface area contributed by atoms with Crippen molar-refractivity contribution in [3.8, 4) is 0 Å². The molecule has 0 aliphatic carbocycles. The molecule has 0 fully saturated rings. The highest BCUT2D eigenvalue weighted by Crippen LogP contribution is 2.25. The Kier molecular flexibility index (Phi) is 4.68. The summed E-state index contributed by atoms with van der Waals surface area (Å²) in [6, 6.07) is 11.2. The number of anilines is 1. The molecule has 0 amide bonds. The maximum absolute atomic E-state index is 11.0. The lowest BCUT2D eigenvalue weighted by Gasteiger charge is -2.07. The number of hydrogen-bond acceptors (Lipinski definition) is 5. The summed E-state index contributed by atoms with van der Waals surface area (Å²) in [6.45, 7) is 0.217. The first-order valence-corrected chi connectivity index (χ1v) is 6.96. The fourth-order valence-electron chi connectivity index (χ4n) is 1.75. The molecule has 1 N–H and O–H groups in total. The van der Waals surface area contributed by atoms with Gasteiger partial charge in [0.05, 0.1) is 15.9 Å². The van der Waals surface area contributed by atoms with Crippen molar-refractivity contribution in [2.24, 2.45) is 0 Å². The highest BCUT2D eigenvalue weighted by Gasteiger charge is 2.18. The maximum Gasteiger partial charge on any atom is 0.281 e. The number of nitro benzene ring substituents is 2. The van der Waals surface area contributed by atoms with E-state index in [9.17, 15) is 20.2 Å². The molecule has 0 saturated carbocycles. The lowest BCUT2D eigenvalue weighted by molar-refractivity contribution is -0.394. The Morgan fingerprint density at radius 1 is 1.00 bits per heavy atom. The summed E-state index contributed by atoms with van der Waals surface area (Å²) >= 11 is 2.18. The first-order valence-electron chi connectivity index (χ1n) is 5.88. The van der Waals surface area contributed by atoms with Crippen LogP contribution < -0.4 is 5.32 Å². The van der Waals surface area contributed by atoms with Crippen molar-refractivity contribution in [1.29, 1.82) is 0 Å². The van der Waals surface area contributed by atoms with Gasteiger partial charge in [-0.05, 0) is 52.9 Å². The zero-order valence-corrected chi connectivity index (χ0v) is 12.8. The Bertz CT molecular complexity index is 688. The van der Waals surface area contributed by atoms with Crippen molar-refractivity contribution in [2.45, 2.75) is 6.54 Å². The Morgan fingerprint density at radius 3 is 2.24 bits per heavy atom. The van der Waals surface area contributed by atoms with Gasteiger partial charge in [-0.15, -0.1) is 0 Å². The van der Waals surface area contributed by atoms with Crippen LogP contribution in [0.1, 0.15) is 5.56 Å². The second kappa shape index (κ2) is 6.48. The molecule has 0 spiro atoms. The van der Waals surface area contributed by atoms with Gasteiger partial charge in [0.15, 0.2) is 0 Å². The third-order valence-electron chi connectivity index (χ3n) is 2.80. The van der Waals surface area contributed by atoms with Crippen molar-refractivity contribution in [3.63, 3.8) is 0 Å². The molecule has 2 aromatic carbocycles. The lowest BCUT2D eigenvalue weighted by Crippen LogP contribution is -2.04. The maximum atomic E-state index is 11.0. The zero-order valence-electron chi connectivity index (χ0n) is 10.7. The summed E-state index contributed by atoms with van der Waals surface area (Å²) in [6.07, 6.45) is 0. The van der Waals surface area contributed by atoms with Gasteiger partial charge in [-0.25, -0.2) is 0 Å². The van der Waals surface area contributed by atoms with E-state index in [0.29, 0.717) is 5.56 Å². The fraction of sp³-hybridized carbons (Fsp3) is 0.0769. The molecule has 8 heteroatoms. The standard InChI is InChI=1S/C13H10IN3O4/c14-10-2-4-11(5-3-10)15-8-9-1-6-12(16(18)19)7-13(9)17(20)21/h1-7,15H,8H2. The molecule has 0 atom stereocenters. The number of nitrogens with zero attached hydrogens (tertiary/aromatic N) is 2. The molecule has 108 valence electrons. The molecule has 0 bridgehead atoms. The Labute approximate surface area is 133 Å². The first-order chi connectivity index (χ1) is 9.97. The highest BCUT2D eigenvalue weighted by atomic mass is 127. The minimum Gasteiger partial charge on any atom is -0.381 e. The van der Waals surface area contributed by atoms with Crippen LogP contribution in [0.15, 0.2) is 42.5 Å². The van der Waals surface area contributed by atoms with Crippen LogP contribution >= 0.6 is 22.6 Å². The monoisotopic (exact) mass is 399 g/mol. The van der Waals surface area contributed by atoms with Gasteiger partial charge >= 0.3 is 0 Å². The molecular weight excluding hydrogens is 389 g/mol. The summed E-state index contributed by atoms with van der Waals surface area (Å²) in [5.41, 5.74) is 0.661. The topological polar surface area (TPSA) is 98.3 Å². The number of nitro groups is 2. The summed E-state index contributed by atoms with van der Waals surface area (Å²) in [5, 5.41) is 24.7. The highest BCUT2D eigenvalue weighted by molar-refractivity contribution is 14.1. The average molecular weight is 399 g/mol. The summed E-state index contributed by atoms with van der Waals surface area (Å²) in [7, 11) is 0. The third kappa shape index (κ3) is 3.88. The van der Waals surface area contributed by atoms with Crippen molar-refractivity contribution >= 4 is 39.7 Å². The molecule has 0 unspecified atom stereocenters. The Balaban J connectivity index is 2.21. The van der Waals surface area contributed by atoms with Crippen LogP contribution in [0.3, 0.4) is 0 Å². The summed E-state index contributed by atoms with van der Waals surface area (Å²) in [4.78, 5) is 20.4. The van der Waals surface area contributed by atoms with E-state index in [-0.39, 0.29) is 17.9 Å². The van der Waals surface area contributed by atoms with Crippen molar-refractivity contribution in [1.82, 2.24) is 0 Å². The normalized spacial score (nSPS) is 10.1. The van der Waals surface area contributed by atoms with Gasteiger partial charge in [-0.3, -0.25) is 20.2 Å². The van der Waals surface area contributed by atoms with E-state index < -0.39 is 9.85 Å². The largest absolute Gasteiger partial charge is 0.381 e. The van der Waals surface area contributed by atoms with E-state index in [2.05, 4.69) is 27.9 Å². The molecular formula is C13H10IN3O4. The van der Waals surface area contributed by atoms with Gasteiger partial charge in [0.25, 0.3) is 11.4 Å². The van der Waals surface area contributed by atoms with Crippen molar-refractivity contribution in [2.75, 3.05) is 5.32 Å². The molecule has 2 aromatic rings. The molecule has 21 heavy (non-hydrogen) atoms. The van der Waals surface area contributed by atoms with Gasteiger partial charge < -0.3 is 5.32 Å².